The number of fused-ring (bicyclic) bond motifs is 1. The minimum Gasteiger partial charge on any atom is -0.158 e. The van der Waals surface area contributed by atoms with Crippen LogP contribution in [0.2, 0.25) is 0 Å². The van der Waals surface area contributed by atoms with E-state index in [0.29, 0.717) is 5.39 Å². The monoisotopic (exact) mass is 224 g/mol. The molecule has 0 amide bonds. The Hall–Kier alpha value is -1.27. The molecule has 0 fully saturated rings. The Morgan fingerprint density at radius 3 is 2.47 bits per heavy atom. The highest BCUT2D eigenvalue weighted by Gasteiger charge is 2.38. The maximum absolute atomic E-state index is 11.5. The summed E-state index contributed by atoms with van der Waals surface area (Å²) in [4.78, 5) is 0.149. The third kappa shape index (κ3) is 1.78. The van der Waals surface area contributed by atoms with E-state index in [2.05, 4.69) is 10.2 Å². The standard InChI is InChI=1S/C10H10NO3S/c11-14-15(12,13)10-7-3-5-8-4-1-2-6-9(8)10/h1-7H,11H3/q+2. The molecule has 15 heavy (non-hydrogen) atoms. The second kappa shape index (κ2) is 3.71. The molecule has 0 heterocycles. The molecule has 0 spiro atoms. The number of hydrogen-bond donors (Lipinski definition) is 1. The van der Waals surface area contributed by atoms with Crippen molar-refractivity contribution in [2.45, 2.75) is 4.90 Å². The van der Waals surface area contributed by atoms with E-state index in [-0.39, 0.29) is 4.90 Å². The molecule has 1 radical (unpaired) electrons. The van der Waals surface area contributed by atoms with E-state index in [1.807, 2.05) is 18.2 Å². The van der Waals surface area contributed by atoms with Crippen LogP contribution in [0.3, 0.4) is 0 Å². The lowest BCUT2D eigenvalue weighted by molar-refractivity contribution is -0.637. The van der Waals surface area contributed by atoms with Crippen LogP contribution in [0, 0.1) is 0 Å². The number of hydrogen-bond acceptors (Lipinski definition) is 2. The van der Waals surface area contributed by atoms with Crippen LogP contribution in [-0.2, 0) is 23.5 Å². The predicted molar refractivity (Wildman–Crippen MR) is 54.9 cm³/mol. The van der Waals surface area contributed by atoms with Crippen LogP contribution in [0.15, 0.2) is 47.4 Å². The summed E-state index contributed by atoms with van der Waals surface area (Å²) < 4.78 is 27.3. The largest absolute Gasteiger partial charge is 0.482 e. The van der Waals surface area contributed by atoms with Crippen molar-refractivity contribution in [3.63, 3.8) is 0 Å². The van der Waals surface area contributed by atoms with Crippen LogP contribution in [0.25, 0.3) is 10.8 Å². The van der Waals surface area contributed by atoms with Gasteiger partial charge in [0, 0.05) is 11.5 Å². The highest BCUT2D eigenvalue weighted by Crippen LogP contribution is 2.26. The van der Waals surface area contributed by atoms with Crippen molar-refractivity contribution < 1.29 is 18.9 Å². The van der Waals surface area contributed by atoms with Gasteiger partial charge in [-0.3, -0.25) is 0 Å². The first-order chi connectivity index (χ1) is 7.15. The number of benzene rings is 2. The van der Waals surface area contributed by atoms with E-state index in [9.17, 15) is 8.76 Å². The molecule has 0 aromatic heterocycles. The number of rotatable bonds is 2. The second-order valence-corrected chi connectivity index (χ2v) is 4.63. The molecule has 0 saturated heterocycles. The van der Waals surface area contributed by atoms with Gasteiger partial charge in [0.25, 0.3) is 0 Å². The van der Waals surface area contributed by atoms with E-state index in [0.717, 1.165) is 5.39 Å². The van der Waals surface area contributed by atoms with Crippen molar-refractivity contribution in [2.75, 3.05) is 0 Å². The molecule has 5 heteroatoms. The summed E-state index contributed by atoms with van der Waals surface area (Å²) in [5.74, 6) is 2.95. The molecule has 0 saturated carbocycles. The van der Waals surface area contributed by atoms with Crippen LogP contribution in [0.5, 0.6) is 0 Å². The SMILES string of the molecule is [NH3+]O[S+]([O])(=O)c1cccc2ccccc12. The van der Waals surface area contributed by atoms with Gasteiger partial charge in [0.05, 0.1) is 8.84 Å². The van der Waals surface area contributed by atoms with Gasteiger partial charge < -0.3 is 0 Å². The van der Waals surface area contributed by atoms with Gasteiger partial charge in [-0.15, -0.1) is 0 Å². The van der Waals surface area contributed by atoms with Crippen LogP contribution in [0.1, 0.15) is 0 Å². The molecule has 3 N–H and O–H groups in total. The Labute approximate surface area is 88.1 Å². The van der Waals surface area contributed by atoms with Crippen molar-refractivity contribution in [3.05, 3.63) is 42.5 Å². The van der Waals surface area contributed by atoms with E-state index in [1.165, 1.54) is 6.07 Å². The molecule has 4 nitrogen and oxygen atoms in total. The lowest BCUT2D eigenvalue weighted by atomic mass is 10.1. The Kier molecular flexibility index (Phi) is 2.54. The zero-order valence-electron chi connectivity index (χ0n) is 7.88. The molecular weight excluding hydrogens is 214 g/mol. The first-order valence-corrected chi connectivity index (χ1v) is 5.72. The fourth-order valence-electron chi connectivity index (χ4n) is 1.48. The maximum atomic E-state index is 11.5. The summed E-state index contributed by atoms with van der Waals surface area (Å²) in [5, 5.41) is 1.50. The quantitative estimate of drug-likeness (QED) is 0.613. The second-order valence-electron chi connectivity index (χ2n) is 3.05. The lowest BCUT2D eigenvalue weighted by Crippen LogP contribution is -2.52. The Morgan fingerprint density at radius 2 is 1.73 bits per heavy atom. The first-order valence-electron chi connectivity index (χ1n) is 4.31. The minimum absolute atomic E-state index is 0.149. The molecule has 0 aliphatic heterocycles. The Bertz CT molecular complexity index is 536. The van der Waals surface area contributed by atoms with Crippen LogP contribution >= 0.6 is 0 Å². The molecule has 1 atom stereocenters. The molecule has 2 aromatic carbocycles. The Balaban J connectivity index is 2.77. The van der Waals surface area contributed by atoms with E-state index in [4.69, 9.17) is 0 Å². The van der Waals surface area contributed by atoms with Crippen molar-refractivity contribution in [3.8, 4) is 0 Å². The maximum Gasteiger partial charge on any atom is 0.482 e. The van der Waals surface area contributed by atoms with Gasteiger partial charge in [-0.1, -0.05) is 30.3 Å². The fourth-order valence-corrected chi connectivity index (χ4v) is 2.30. The van der Waals surface area contributed by atoms with Crippen LogP contribution in [-0.4, -0.2) is 0 Å². The van der Waals surface area contributed by atoms with Gasteiger partial charge in [0.1, 0.15) is 0 Å². The van der Waals surface area contributed by atoms with Gasteiger partial charge in [-0.05, 0) is 15.7 Å². The summed E-state index contributed by atoms with van der Waals surface area (Å²) in [5.41, 5.74) is 0. The highest BCUT2D eigenvalue weighted by atomic mass is 32.3. The van der Waals surface area contributed by atoms with Crippen molar-refractivity contribution in [1.29, 1.82) is 0 Å². The lowest BCUT2D eigenvalue weighted by Gasteiger charge is -1.99. The summed E-state index contributed by atoms with van der Waals surface area (Å²) >= 11 is 0. The van der Waals surface area contributed by atoms with Gasteiger partial charge in [0.15, 0.2) is 0 Å². The third-order valence-electron chi connectivity index (χ3n) is 2.17. The molecule has 77 valence electrons. The molecule has 0 aliphatic rings. The van der Waals surface area contributed by atoms with E-state index in [1.54, 1.807) is 18.2 Å². The van der Waals surface area contributed by atoms with E-state index >= 15 is 0 Å². The van der Waals surface area contributed by atoms with E-state index < -0.39 is 10.5 Å². The normalized spacial score (nSPS) is 15.1. The average Bonchev–Trinajstić information content (AvgIpc) is 2.28. The van der Waals surface area contributed by atoms with Gasteiger partial charge in [0.2, 0.25) is 4.90 Å². The van der Waals surface area contributed by atoms with Crippen molar-refractivity contribution >= 4 is 21.3 Å². The van der Waals surface area contributed by atoms with Crippen LogP contribution < -0.4 is 5.90 Å². The van der Waals surface area contributed by atoms with Gasteiger partial charge in [-0.2, -0.15) is 5.90 Å². The fraction of sp³-hybridized carbons (Fsp3) is 0. The smallest absolute Gasteiger partial charge is 0.158 e. The molecule has 0 aliphatic carbocycles. The molecule has 2 rings (SSSR count). The summed E-state index contributed by atoms with van der Waals surface area (Å²) in [7, 11) is -3.74. The van der Waals surface area contributed by atoms with Gasteiger partial charge >= 0.3 is 10.5 Å². The summed E-state index contributed by atoms with van der Waals surface area (Å²) in [6.45, 7) is 0. The summed E-state index contributed by atoms with van der Waals surface area (Å²) in [6, 6.07) is 12.2. The van der Waals surface area contributed by atoms with Gasteiger partial charge in [-0.25, -0.2) is 0 Å². The third-order valence-corrected chi connectivity index (χ3v) is 3.38. The molecule has 2 aromatic rings. The minimum atomic E-state index is -3.74. The predicted octanol–water partition coefficient (Wildman–Crippen LogP) is 1.13. The Morgan fingerprint density at radius 1 is 1.07 bits per heavy atom. The van der Waals surface area contributed by atoms with Crippen molar-refractivity contribution in [1.82, 2.24) is 0 Å². The topological polar surface area (TPSA) is 73.8 Å². The van der Waals surface area contributed by atoms with Crippen LogP contribution in [0.4, 0.5) is 0 Å². The summed E-state index contributed by atoms with van der Waals surface area (Å²) in [6.07, 6.45) is 0. The number of quaternary nitrogens is 1. The molecule has 0 bridgehead atoms. The van der Waals surface area contributed by atoms with Crippen molar-refractivity contribution in [2.24, 2.45) is 0 Å². The molecule has 1 unspecified atom stereocenters. The zero-order chi connectivity index (χ0) is 10.9. The first kappa shape index (κ1) is 10.3. The average molecular weight is 224 g/mol. The highest BCUT2D eigenvalue weighted by molar-refractivity contribution is 7.93. The molecular formula is C10H10NO3S+2. The zero-order valence-corrected chi connectivity index (χ0v) is 8.70.